The molecule has 0 fully saturated rings. The summed E-state index contributed by atoms with van der Waals surface area (Å²) in [7, 11) is 0. The average molecular weight is 844 g/mol. The fourth-order valence-corrected chi connectivity index (χ4v) is 12.3. The first kappa shape index (κ1) is 37.4. The van der Waals surface area contributed by atoms with Crippen molar-refractivity contribution in [3.05, 3.63) is 245 Å². The third-order valence-corrected chi connectivity index (χ3v) is 15.0. The van der Waals surface area contributed by atoms with Gasteiger partial charge in [-0.05, 0) is 129 Å². The summed E-state index contributed by atoms with van der Waals surface area (Å²) in [4.78, 5) is 0. The van der Waals surface area contributed by atoms with Crippen molar-refractivity contribution in [1.82, 2.24) is 4.57 Å². The fraction of sp³-hybridized carbons (Fsp3) is 0.0938. The Balaban J connectivity index is 0.933. The maximum absolute atomic E-state index is 7.06. The monoisotopic (exact) mass is 843 g/mol. The largest absolute Gasteiger partial charge is 0.456 e. The lowest BCUT2D eigenvalue weighted by Crippen LogP contribution is -2.24. The molecule has 2 heterocycles. The Labute approximate surface area is 384 Å². The van der Waals surface area contributed by atoms with Gasteiger partial charge in [0, 0.05) is 44.6 Å². The van der Waals surface area contributed by atoms with Crippen LogP contribution in [0.4, 0.5) is 0 Å². The molecule has 8 aromatic carbocycles. The number of furan rings is 1. The van der Waals surface area contributed by atoms with E-state index < -0.39 is 0 Å². The topological polar surface area (TPSA) is 18.1 Å². The van der Waals surface area contributed by atoms with Crippen LogP contribution < -0.4 is 0 Å². The second kappa shape index (κ2) is 14.8. The predicted octanol–water partition coefficient (Wildman–Crippen LogP) is 17.1. The van der Waals surface area contributed by atoms with Gasteiger partial charge in [0.2, 0.25) is 0 Å². The summed E-state index contributed by atoms with van der Waals surface area (Å²) in [6.07, 6.45) is 22.8. The second-order valence-electron chi connectivity index (χ2n) is 18.4. The maximum Gasteiger partial charge on any atom is 0.139 e. The van der Waals surface area contributed by atoms with Crippen LogP contribution in [0.15, 0.2) is 227 Å². The van der Waals surface area contributed by atoms with Crippen molar-refractivity contribution in [3.63, 3.8) is 0 Å². The van der Waals surface area contributed by atoms with Crippen molar-refractivity contribution in [2.75, 3.05) is 0 Å². The van der Waals surface area contributed by atoms with E-state index in [0.29, 0.717) is 0 Å². The van der Waals surface area contributed by atoms with Gasteiger partial charge < -0.3 is 8.98 Å². The van der Waals surface area contributed by atoms with Gasteiger partial charge in [0.25, 0.3) is 0 Å². The van der Waals surface area contributed by atoms with E-state index in [1.54, 1.807) is 0 Å². The summed E-state index contributed by atoms with van der Waals surface area (Å²) >= 11 is 0. The number of allylic oxidation sites excluding steroid dienone is 11. The third-order valence-electron chi connectivity index (χ3n) is 15.0. The molecular formula is C64H45NO. The van der Waals surface area contributed by atoms with Crippen LogP contribution in [0.25, 0.3) is 94.1 Å². The number of rotatable bonds is 5. The summed E-state index contributed by atoms with van der Waals surface area (Å²) in [5, 5.41) is 7.46. The second-order valence-corrected chi connectivity index (χ2v) is 18.4. The number of para-hydroxylation sites is 3. The van der Waals surface area contributed by atoms with Crippen LogP contribution in [0.2, 0.25) is 0 Å². The summed E-state index contributed by atoms with van der Waals surface area (Å²) in [5.74, 6) is 0.401. The number of fused-ring (bicyclic) bond motifs is 9. The molecule has 2 heteroatoms. The molecule has 4 aliphatic rings. The van der Waals surface area contributed by atoms with Crippen molar-refractivity contribution in [3.8, 4) is 27.9 Å². The minimum atomic E-state index is 0.182. The van der Waals surface area contributed by atoms with E-state index in [0.717, 1.165) is 36.8 Å². The molecule has 66 heavy (non-hydrogen) atoms. The zero-order valence-electron chi connectivity index (χ0n) is 36.5. The molecule has 0 N–H and O–H groups in total. The zero-order valence-corrected chi connectivity index (χ0v) is 36.5. The van der Waals surface area contributed by atoms with Crippen molar-refractivity contribution < 1.29 is 4.42 Å². The molecule has 0 saturated carbocycles. The molecule has 14 rings (SSSR count). The van der Waals surface area contributed by atoms with Crippen molar-refractivity contribution in [2.24, 2.45) is 5.92 Å². The minimum Gasteiger partial charge on any atom is -0.456 e. The van der Waals surface area contributed by atoms with Crippen molar-refractivity contribution in [1.29, 1.82) is 0 Å². The van der Waals surface area contributed by atoms with Gasteiger partial charge >= 0.3 is 0 Å². The molecular weight excluding hydrogens is 799 g/mol. The van der Waals surface area contributed by atoms with Gasteiger partial charge in [-0.2, -0.15) is 0 Å². The Bertz CT molecular complexity index is 3820. The highest BCUT2D eigenvalue weighted by atomic mass is 16.3. The van der Waals surface area contributed by atoms with Crippen LogP contribution in [-0.2, 0) is 6.42 Å². The molecule has 2 nitrogen and oxygen atoms in total. The van der Waals surface area contributed by atoms with E-state index in [9.17, 15) is 0 Å². The summed E-state index contributed by atoms with van der Waals surface area (Å²) in [6.45, 7) is 0. The van der Waals surface area contributed by atoms with Gasteiger partial charge in [0.05, 0.1) is 11.0 Å². The van der Waals surface area contributed by atoms with E-state index >= 15 is 0 Å². The first-order valence-electron chi connectivity index (χ1n) is 23.6. The Morgan fingerprint density at radius 3 is 2.02 bits per heavy atom. The Morgan fingerprint density at radius 2 is 1.18 bits per heavy atom. The molecule has 0 saturated heterocycles. The van der Waals surface area contributed by atoms with Crippen LogP contribution in [-0.4, -0.2) is 4.57 Å². The molecule has 0 spiro atoms. The van der Waals surface area contributed by atoms with Crippen molar-refractivity contribution in [2.45, 2.75) is 31.6 Å². The molecule has 10 aromatic rings. The quantitative estimate of drug-likeness (QED) is 0.169. The van der Waals surface area contributed by atoms with E-state index in [1.165, 1.54) is 116 Å². The normalized spacial score (nSPS) is 17.7. The molecule has 0 aliphatic heterocycles. The summed E-state index contributed by atoms with van der Waals surface area (Å²) in [5.41, 5.74) is 21.6. The minimum absolute atomic E-state index is 0.182. The highest BCUT2D eigenvalue weighted by Gasteiger charge is 2.38. The van der Waals surface area contributed by atoms with Crippen LogP contribution in [0, 0.1) is 5.92 Å². The number of nitrogens with zero attached hydrogens (tertiary/aromatic N) is 1. The number of benzene rings is 8. The van der Waals surface area contributed by atoms with Crippen LogP contribution in [0.3, 0.4) is 0 Å². The average Bonchev–Trinajstić information content (AvgIpc) is 3.93. The van der Waals surface area contributed by atoms with Gasteiger partial charge in [-0.3, -0.25) is 0 Å². The van der Waals surface area contributed by atoms with Gasteiger partial charge in [0.15, 0.2) is 0 Å². The maximum atomic E-state index is 7.06. The van der Waals surface area contributed by atoms with E-state index in [-0.39, 0.29) is 11.8 Å². The number of aromatic nitrogens is 1. The molecule has 0 amide bonds. The Hall–Kier alpha value is -7.94. The molecule has 0 radical (unpaired) electrons. The van der Waals surface area contributed by atoms with Crippen LogP contribution >= 0.6 is 0 Å². The lowest BCUT2D eigenvalue weighted by molar-refractivity contribution is 0.593. The molecule has 0 bridgehead atoms. The Kier molecular flexibility index (Phi) is 8.40. The molecule has 2 atom stereocenters. The first-order valence-corrected chi connectivity index (χ1v) is 23.6. The van der Waals surface area contributed by atoms with E-state index in [4.69, 9.17) is 4.42 Å². The van der Waals surface area contributed by atoms with E-state index in [1.807, 2.05) is 0 Å². The number of hydrogen-bond acceptors (Lipinski definition) is 1. The summed E-state index contributed by atoms with van der Waals surface area (Å²) < 4.78 is 9.49. The van der Waals surface area contributed by atoms with Crippen LogP contribution in [0.1, 0.15) is 47.4 Å². The SMILES string of the molecule is C1=CC2=C(c3ccccc3)C3=C(CCC=C3)C(c3cccc4c3oc3ccc(-c5c6c(c(-c7cccc(-n8c9ccccc9c9ccccc98)c7)c7ccccc57)C=CCC6)cc34)C2C=C1. The molecule has 2 unspecified atom stereocenters. The standard InChI is InChI=1S/C64H45NO/c1-2-18-40(19-3-1)60-50-28-8-10-30-52(50)63(53-31-11-9-29-51(53)60)55-33-17-32-54-56-39-42(36-37-59(56)66-64(54)55)62-48-26-6-4-24-46(48)61(47-25-5-7-27-49(47)62)41-20-16-21-43(38-41)65-57-34-14-12-22-44(57)45-23-13-15-35-58(45)65/h1-6,8-10,12-26,28-30,32-39,52,63H,7,11,27,31H2. The van der Waals surface area contributed by atoms with E-state index in [2.05, 4.69) is 217 Å². The smallest absolute Gasteiger partial charge is 0.139 e. The number of hydrogen-bond donors (Lipinski definition) is 0. The van der Waals surface area contributed by atoms with Gasteiger partial charge in [0.1, 0.15) is 11.2 Å². The third kappa shape index (κ3) is 5.55. The summed E-state index contributed by atoms with van der Waals surface area (Å²) in [6, 6.07) is 60.7. The van der Waals surface area contributed by atoms with Gasteiger partial charge in [-0.25, -0.2) is 0 Å². The zero-order chi connectivity index (χ0) is 43.3. The fourth-order valence-electron chi connectivity index (χ4n) is 12.3. The van der Waals surface area contributed by atoms with Gasteiger partial charge in [-0.1, -0.05) is 182 Å². The molecule has 4 aliphatic carbocycles. The van der Waals surface area contributed by atoms with Gasteiger partial charge in [-0.15, -0.1) is 0 Å². The lowest BCUT2D eigenvalue weighted by atomic mass is 9.64. The molecule has 2 aromatic heterocycles. The highest BCUT2D eigenvalue weighted by Crippen LogP contribution is 2.54. The van der Waals surface area contributed by atoms with Crippen molar-refractivity contribution >= 4 is 66.2 Å². The highest BCUT2D eigenvalue weighted by molar-refractivity contribution is 6.14. The van der Waals surface area contributed by atoms with Crippen LogP contribution in [0.5, 0.6) is 0 Å². The lowest BCUT2D eigenvalue weighted by Gasteiger charge is -2.39. The molecule has 312 valence electrons. The predicted molar refractivity (Wildman–Crippen MR) is 277 cm³/mol. The Morgan fingerprint density at radius 1 is 0.500 bits per heavy atom. The first-order chi connectivity index (χ1) is 32.8.